The van der Waals surface area contributed by atoms with Gasteiger partial charge in [0.05, 0.1) is 0 Å². The first kappa shape index (κ1) is 28.8. The Hall–Kier alpha value is -4.67. The van der Waals surface area contributed by atoms with Gasteiger partial charge in [-0.25, -0.2) is 8.78 Å². The number of halogens is 2. The van der Waals surface area contributed by atoms with E-state index in [4.69, 9.17) is 4.74 Å². The fourth-order valence-electron chi connectivity index (χ4n) is 7.70. The fraction of sp³-hybridized carbons (Fsp3) is 0.143. The number of hydrogen-bond donors (Lipinski definition) is 0. The molecule has 0 saturated carbocycles. The molecule has 2 aliphatic rings. The van der Waals surface area contributed by atoms with E-state index in [1.165, 1.54) is 17.0 Å². The molecule has 1 atom stereocenters. The molecular formula is C42H32F2OS. The van der Waals surface area contributed by atoms with E-state index in [2.05, 4.69) is 74.5 Å². The quantitative estimate of drug-likeness (QED) is 0.183. The molecule has 0 amide bonds. The number of rotatable bonds is 6. The summed E-state index contributed by atoms with van der Waals surface area (Å²) in [6.45, 7) is 4.34. The second-order valence-electron chi connectivity index (χ2n) is 12.1. The number of ether oxygens (including phenoxy) is 1. The summed E-state index contributed by atoms with van der Waals surface area (Å²) in [5.74, 6) is 0.0858. The van der Waals surface area contributed by atoms with Crippen molar-refractivity contribution < 1.29 is 13.5 Å². The van der Waals surface area contributed by atoms with E-state index >= 15 is 4.39 Å². The van der Waals surface area contributed by atoms with Gasteiger partial charge in [-0.15, -0.1) is 0 Å². The fourth-order valence-corrected chi connectivity index (χ4v) is 8.54. The maximum atomic E-state index is 15.1. The lowest BCUT2D eigenvalue weighted by atomic mass is 9.71. The summed E-state index contributed by atoms with van der Waals surface area (Å²) in [5, 5.41) is 1.63. The number of fused-ring (bicyclic) bond motifs is 8. The van der Waals surface area contributed by atoms with Crippen LogP contribution in [-0.2, 0) is 11.0 Å². The average Bonchev–Trinajstić information content (AvgIpc) is 3.39. The summed E-state index contributed by atoms with van der Waals surface area (Å²) in [6.07, 6.45) is 5.91. The molecule has 6 aromatic rings. The predicted molar refractivity (Wildman–Crippen MR) is 185 cm³/mol. The highest BCUT2D eigenvalue weighted by Gasteiger charge is 2.47. The molecule has 0 N–H and O–H groups in total. The van der Waals surface area contributed by atoms with Crippen molar-refractivity contribution in [3.8, 4) is 16.9 Å². The minimum Gasteiger partial charge on any atom is -0.472 e. The van der Waals surface area contributed by atoms with Crippen molar-refractivity contribution >= 4 is 28.6 Å². The summed E-state index contributed by atoms with van der Waals surface area (Å²) < 4.78 is 37.3. The number of hydrogen-bond acceptors (Lipinski definition) is 2. The molecule has 46 heavy (non-hydrogen) atoms. The van der Waals surface area contributed by atoms with E-state index in [1.807, 2.05) is 48.5 Å². The molecule has 0 radical (unpaired) electrons. The Bertz CT molecular complexity index is 2130. The van der Waals surface area contributed by atoms with Gasteiger partial charge >= 0.3 is 0 Å². The molecule has 0 spiro atoms. The molecule has 1 nitrogen and oxygen atoms in total. The highest BCUT2D eigenvalue weighted by atomic mass is 32.2. The Balaban J connectivity index is 1.37. The SMILES string of the molecule is CCC1(CC)c2cc(F)ccc2-c2c1c1c(c3cc(F)ccc23)OC(c2ccccc2)(c2ccc(Sc3ccccc3)cc2)C=C1. The van der Waals surface area contributed by atoms with Crippen molar-refractivity contribution in [1.29, 1.82) is 0 Å². The minimum absolute atomic E-state index is 0.245. The van der Waals surface area contributed by atoms with Gasteiger partial charge in [-0.1, -0.05) is 104 Å². The van der Waals surface area contributed by atoms with Crippen molar-refractivity contribution in [1.82, 2.24) is 0 Å². The summed E-state index contributed by atoms with van der Waals surface area (Å²) in [5.41, 5.74) is 5.74. The molecule has 0 aromatic heterocycles. The van der Waals surface area contributed by atoms with Crippen LogP contribution in [0.5, 0.6) is 5.75 Å². The molecule has 1 unspecified atom stereocenters. The molecule has 1 aliphatic heterocycles. The third kappa shape index (κ3) is 4.27. The highest BCUT2D eigenvalue weighted by Crippen LogP contribution is 2.60. The van der Waals surface area contributed by atoms with Crippen LogP contribution in [-0.4, -0.2) is 0 Å². The van der Waals surface area contributed by atoms with E-state index < -0.39 is 11.0 Å². The van der Waals surface area contributed by atoms with Gasteiger partial charge in [-0.3, -0.25) is 0 Å². The Morgan fingerprint density at radius 1 is 0.652 bits per heavy atom. The average molecular weight is 623 g/mol. The van der Waals surface area contributed by atoms with Crippen LogP contribution < -0.4 is 4.74 Å². The smallest absolute Gasteiger partial charge is 0.178 e. The van der Waals surface area contributed by atoms with Crippen molar-refractivity contribution in [2.24, 2.45) is 0 Å². The Kier molecular flexibility index (Phi) is 6.88. The lowest BCUT2D eigenvalue weighted by Gasteiger charge is -2.39. The maximum Gasteiger partial charge on any atom is 0.178 e. The van der Waals surface area contributed by atoms with Crippen molar-refractivity contribution in [2.75, 3.05) is 0 Å². The Morgan fingerprint density at radius 3 is 2.00 bits per heavy atom. The van der Waals surface area contributed by atoms with Crippen LogP contribution in [0.1, 0.15) is 54.5 Å². The Labute approximate surface area is 272 Å². The lowest BCUT2D eigenvalue weighted by molar-refractivity contribution is 0.163. The monoisotopic (exact) mass is 622 g/mol. The van der Waals surface area contributed by atoms with Crippen LogP contribution in [0.2, 0.25) is 0 Å². The van der Waals surface area contributed by atoms with Crippen LogP contribution in [0.3, 0.4) is 0 Å². The van der Waals surface area contributed by atoms with Crippen molar-refractivity contribution in [2.45, 2.75) is 47.5 Å². The second kappa shape index (κ2) is 11.0. The maximum absolute atomic E-state index is 15.1. The Morgan fingerprint density at radius 2 is 1.28 bits per heavy atom. The largest absolute Gasteiger partial charge is 0.472 e. The highest BCUT2D eigenvalue weighted by molar-refractivity contribution is 7.99. The molecular weight excluding hydrogens is 591 g/mol. The van der Waals surface area contributed by atoms with Crippen molar-refractivity contribution in [3.63, 3.8) is 0 Å². The number of benzene rings is 6. The van der Waals surface area contributed by atoms with E-state index in [0.29, 0.717) is 11.1 Å². The van der Waals surface area contributed by atoms with Crippen LogP contribution in [0, 0.1) is 11.6 Å². The van der Waals surface area contributed by atoms with Crippen LogP contribution in [0.15, 0.2) is 137 Å². The summed E-state index contributed by atoms with van der Waals surface area (Å²) >= 11 is 1.72. The molecule has 6 aromatic carbocycles. The first-order valence-corrected chi connectivity index (χ1v) is 16.7. The molecule has 0 bridgehead atoms. The molecule has 1 aliphatic carbocycles. The van der Waals surface area contributed by atoms with E-state index in [1.54, 1.807) is 23.9 Å². The third-order valence-electron chi connectivity index (χ3n) is 9.92. The van der Waals surface area contributed by atoms with Gasteiger partial charge in [-0.05, 0) is 95.1 Å². The summed E-state index contributed by atoms with van der Waals surface area (Å²) in [7, 11) is 0. The second-order valence-corrected chi connectivity index (χ2v) is 13.3. The van der Waals surface area contributed by atoms with E-state index in [0.717, 1.165) is 62.1 Å². The van der Waals surface area contributed by atoms with Gasteiger partial charge in [-0.2, -0.15) is 0 Å². The van der Waals surface area contributed by atoms with Gasteiger partial charge < -0.3 is 4.74 Å². The first-order valence-electron chi connectivity index (χ1n) is 15.8. The zero-order valence-electron chi connectivity index (χ0n) is 25.7. The van der Waals surface area contributed by atoms with E-state index in [9.17, 15) is 4.39 Å². The van der Waals surface area contributed by atoms with Gasteiger partial charge in [0.15, 0.2) is 5.60 Å². The summed E-state index contributed by atoms with van der Waals surface area (Å²) in [6, 6.07) is 39.2. The topological polar surface area (TPSA) is 9.23 Å². The molecule has 4 heteroatoms. The van der Waals surface area contributed by atoms with Crippen molar-refractivity contribution in [3.05, 3.63) is 167 Å². The molecule has 0 fully saturated rings. The van der Waals surface area contributed by atoms with Crippen LogP contribution in [0.4, 0.5) is 8.78 Å². The molecule has 8 rings (SSSR count). The third-order valence-corrected chi connectivity index (χ3v) is 10.9. The standard InChI is InChI=1S/C42H32F2OS/c1-3-41(4-2)37-26-30(44)18-22-34(37)38-33-21-17-29(43)25-36(33)40-35(39(38)41)23-24-42(45-40,27-11-7-5-8-12-27)28-15-19-32(20-16-28)46-31-13-9-6-10-14-31/h5-26H,3-4H2,1-2H3. The molecule has 0 saturated heterocycles. The zero-order chi connectivity index (χ0) is 31.5. The predicted octanol–water partition coefficient (Wildman–Crippen LogP) is 11.7. The van der Waals surface area contributed by atoms with Gasteiger partial charge in [0, 0.05) is 37.3 Å². The minimum atomic E-state index is -0.948. The summed E-state index contributed by atoms with van der Waals surface area (Å²) in [4.78, 5) is 2.30. The first-order chi connectivity index (χ1) is 22.5. The van der Waals surface area contributed by atoms with Gasteiger partial charge in [0.25, 0.3) is 0 Å². The van der Waals surface area contributed by atoms with Crippen LogP contribution >= 0.6 is 11.8 Å². The molecule has 226 valence electrons. The van der Waals surface area contributed by atoms with E-state index in [-0.39, 0.29) is 11.6 Å². The van der Waals surface area contributed by atoms with Gasteiger partial charge in [0.1, 0.15) is 17.4 Å². The van der Waals surface area contributed by atoms with Crippen LogP contribution in [0.25, 0.3) is 28.0 Å². The lowest BCUT2D eigenvalue weighted by Crippen LogP contribution is -2.35. The van der Waals surface area contributed by atoms with Gasteiger partial charge in [0.2, 0.25) is 0 Å². The zero-order valence-corrected chi connectivity index (χ0v) is 26.5. The normalized spacial score (nSPS) is 17.3. The molecule has 1 heterocycles.